The molecule has 0 unspecified atom stereocenters. The molecular weight excluding hydrogens is 505 g/mol. The van der Waals surface area contributed by atoms with Gasteiger partial charge in [-0.1, -0.05) is 28.1 Å². The molecule has 2 aromatic rings. The maximum Gasteiger partial charge on any atom is 0.293 e. The number of hydrogen-bond donors (Lipinski definition) is 1. The zero-order chi connectivity index (χ0) is 17.3. The summed E-state index contributed by atoms with van der Waals surface area (Å²) in [5.41, 5.74) is 1.38. The Kier molecular flexibility index (Phi) is 5.31. The molecule has 4 nitrogen and oxygen atoms in total. The molecule has 0 radical (unpaired) electrons. The van der Waals surface area contributed by atoms with Crippen molar-refractivity contribution in [3.05, 3.63) is 66.5 Å². The summed E-state index contributed by atoms with van der Waals surface area (Å²) >= 11 is 6.41. The van der Waals surface area contributed by atoms with E-state index < -0.39 is 0 Å². The molecule has 1 aliphatic rings. The second kappa shape index (κ2) is 7.28. The number of aromatic hydroxyl groups is 1. The second-order valence-corrected chi connectivity index (χ2v) is 8.25. The van der Waals surface area contributed by atoms with Crippen molar-refractivity contribution in [2.75, 3.05) is 0 Å². The summed E-state index contributed by atoms with van der Waals surface area (Å²) in [6, 6.07) is 12.6. The maximum atomic E-state index is 12.5. The molecule has 2 aromatic carbocycles. The third-order valence-electron chi connectivity index (χ3n) is 3.40. The number of halogens is 2. The predicted molar refractivity (Wildman–Crippen MR) is 106 cm³/mol. The number of phenols is 1. The summed E-state index contributed by atoms with van der Waals surface area (Å²) in [5.74, 6) is -0.287. The summed E-state index contributed by atoms with van der Waals surface area (Å²) in [7, 11) is 0. The minimum atomic E-state index is -0.345. The van der Waals surface area contributed by atoms with Crippen molar-refractivity contribution in [3.8, 4) is 5.75 Å². The number of carbonyl (C=O) groups is 2. The van der Waals surface area contributed by atoms with Gasteiger partial charge in [-0.15, -0.1) is 0 Å². The van der Waals surface area contributed by atoms with Crippen LogP contribution < -0.4 is 0 Å². The zero-order valence-electron chi connectivity index (χ0n) is 12.2. The first-order valence-corrected chi connectivity index (χ1v) is 9.61. The van der Waals surface area contributed by atoms with Crippen LogP contribution in [0.1, 0.15) is 11.1 Å². The lowest BCUT2D eigenvalue weighted by molar-refractivity contribution is -0.123. The van der Waals surface area contributed by atoms with Gasteiger partial charge in [-0.3, -0.25) is 14.5 Å². The number of benzene rings is 2. The minimum absolute atomic E-state index is 0.0580. The Morgan fingerprint density at radius 2 is 1.88 bits per heavy atom. The van der Waals surface area contributed by atoms with Gasteiger partial charge in [0.15, 0.2) is 0 Å². The average Bonchev–Trinajstić information content (AvgIpc) is 2.80. The second-order valence-electron chi connectivity index (χ2n) is 5.10. The van der Waals surface area contributed by atoms with Crippen LogP contribution >= 0.6 is 50.3 Å². The Morgan fingerprint density at radius 1 is 1.17 bits per heavy atom. The molecule has 24 heavy (non-hydrogen) atoms. The summed E-state index contributed by atoms with van der Waals surface area (Å²) in [5, 5.41) is 9.58. The molecule has 0 bridgehead atoms. The van der Waals surface area contributed by atoms with E-state index in [9.17, 15) is 14.7 Å². The summed E-state index contributed by atoms with van der Waals surface area (Å²) in [4.78, 5) is 26.2. The fourth-order valence-corrected chi connectivity index (χ4v) is 3.76. The topological polar surface area (TPSA) is 57.6 Å². The zero-order valence-corrected chi connectivity index (χ0v) is 16.8. The Balaban J connectivity index is 1.84. The molecule has 1 saturated heterocycles. The van der Waals surface area contributed by atoms with Crippen LogP contribution in [-0.4, -0.2) is 21.2 Å². The van der Waals surface area contributed by atoms with Gasteiger partial charge in [0.1, 0.15) is 5.75 Å². The molecule has 1 N–H and O–H groups in total. The number of phenolic OH excluding ortho intramolecular Hbond substituents is 1. The van der Waals surface area contributed by atoms with Crippen molar-refractivity contribution in [2.24, 2.45) is 0 Å². The van der Waals surface area contributed by atoms with Crippen LogP contribution in [0.3, 0.4) is 0 Å². The molecule has 1 heterocycles. The van der Waals surface area contributed by atoms with Gasteiger partial charge in [-0.05, 0) is 76.3 Å². The van der Waals surface area contributed by atoms with E-state index in [4.69, 9.17) is 0 Å². The lowest BCUT2D eigenvalue weighted by Crippen LogP contribution is -2.27. The molecule has 0 aliphatic carbocycles. The fraction of sp³-hybridized carbons (Fsp3) is 0.0588. The summed E-state index contributed by atoms with van der Waals surface area (Å²) in [6.07, 6.45) is 1.54. The number of rotatable bonds is 3. The highest BCUT2D eigenvalue weighted by atomic mass is 127. The SMILES string of the molecule is O=C1S/C(=C\c2cc(Br)ccc2O)C(=O)N1Cc1ccc(I)cc1. The van der Waals surface area contributed by atoms with Crippen LogP contribution in [0.15, 0.2) is 51.8 Å². The van der Waals surface area contributed by atoms with E-state index in [1.807, 2.05) is 24.3 Å². The van der Waals surface area contributed by atoms with Crippen LogP contribution in [0.5, 0.6) is 5.75 Å². The number of thioether (sulfide) groups is 1. The molecule has 2 amide bonds. The highest BCUT2D eigenvalue weighted by Gasteiger charge is 2.35. The van der Waals surface area contributed by atoms with E-state index in [1.165, 1.54) is 11.0 Å². The monoisotopic (exact) mass is 515 g/mol. The van der Waals surface area contributed by atoms with Gasteiger partial charge in [-0.2, -0.15) is 0 Å². The van der Waals surface area contributed by atoms with Crippen molar-refractivity contribution >= 4 is 67.5 Å². The quantitative estimate of drug-likeness (QED) is 0.462. The first-order valence-electron chi connectivity index (χ1n) is 6.92. The molecule has 0 saturated carbocycles. The number of carbonyl (C=O) groups excluding carboxylic acids is 2. The van der Waals surface area contributed by atoms with Gasteiger partial charge in [-0.25, -0.2) is 0 Å². The van der Waals surface area contributed by atoms with Crippen LogP contribution in [0.4, 0.5) is 4.79 Å². The van der Waals surface area contributed by atoms with Gasteiger partial charge in [0.2, 0.25) is 0 Å². The van der Waals surface area contributed by atoms with Crippen LogP contribution in [0.2, 0.25) is 0 Å². The van der Waals surface area contributed by atoms with E-state index in [-0.39, 0.29) is 23.4 Å². The van der Waals surface area contributed by atoms with Crippen molar-refractivity contribution in [2.45, 2.75) is 6.54 Å². The number of amides is 2. The summed E-state index contributed by atoms with van der Waals surface area (Å²) in [6.45, 7) is 0.239. The fourth-order valence-electron chi connectivity index (χ4n) is 2.19. The molecule has 0 spiro atoms. The lowest BCUT2D eigenvalue weighted by atomic mass is 10.2. The van der Waals surface area contributed by atoms with Gasteiger partial charge >= 0.3 is 0 Å². The van der Waals surface area contributed by atoms with Crippen molar-refractivity contribution in [3.63, 3.8) is 0 Å². The highest BCUT2D eigenvalue weighted by Crippen LogP contribution is 2.35. The highest BCUT2D eigenvalue weighted by molar-refractivity contribution is 14.1. The van der Waals surface area contributed by atoms with E-state index in [0.29, 0.717) is 10.5 Å². The average molecular weight is 516 g/mol. The Hall–Kier alpha value is -1.32. The first-order chi connectivity index (χ1) is 11.4. The third kappa shape index (κ3) is 3.84. The smallest absolute Gasteiger partial charge is 0.293 e. The number of imide groups is 1. The lowest BCUT2D eigenvalue weighted by Gasteiger charge is -2.12. The largest absolute Gasteiger partial charge is 0.507 e. The molecule has 1 aliphatic heterocycles. The third-order valence-corrected chi connectivity index (χ3v) is 5.52. The Bertz CT molecular complexity index is 851. The van der Waals surface area contributed by atoms with Crippen molar-refractivity contribution in [1.29, 1.82) is 0 Å². The number of hydrogen-bond acceptors (Lipinski definition) is 4. The van der Waals surface area contributed by atoms with Crippen molar-refractivity contribution < 1.29 is 14.7 Å². The molecule has 0 atom stereocenters. The van der Waals surface area contributed by atoms with Crippen molar-refractivity contribution in [1.82, 2.24) is 4.90 Å². The van der Waals surface area contributed by atoms with Crippen LogP contribution in [-0.2, 0) is 11.3 Å². The predicted octanol–water partition coefficient (Wildman–Crippen LogP) is 5.00. The Labute approximate surface area is 165 Å². The van der Waals surface area contributed by atoms with E-state index in [1.54, 1.807) is 18.2 Å². The molecule has 7 heteroatoms. The molecule has 3 rings (SSSR count). The minimum Gasteiger partial charge on any atom is -0.507 e. The molecule has 0 aromatic heterocycles. The molecular formula is C17H11BrINO3S. The molecule has 1 fully saturated rings. The Morgan fingerprint density at radius 3 is 2.58 bits per heavy atom. The van der Waals surface area contributed by atoms with Crippen LogP contribution in [0.25, 0.3) is 6.08 Å². The molecule has 122 valence electrons. The normalized spacial score (nSPS) is 16.2. The van der Waals surface area contributed by atoms with E-state index in [0.717, 1.165) is 25.4 Å². The van der Waals surface area contributed by atoms with Crippen LogP contribution in [0, 0.1) is 3.57 Å². The van der Waals surface area contributed by atoms with Gasteiger partial charge in [0.25, 0.3) is 11.1 Å². The number of nitrogens with zero attached hydrogens (tertiary/aromatic N) is 1. The standard InChI is InChI=1S/C17H11BrINO3S/c18-12-3-6-14(21)11(7-12)8-15-16(22)20(17(23)24-15)9-10-1-4-13(19)5-2-10/h1-8,21H,9H2/b15-8-. The van der Waals surface area contributed by atoms with Gasteiger partial charge in [0.05, 0.1) is 11.4 Å². The van der Waals surface area contributed by atoms with Gasteiger partial charge in [0, 0.05) is 13.6 Å². The maximum absolute atomic E-state index is 12.5. The van der Waals surface area contributed by atoms with Gasteiger partial charge < -0.3 is 5.11 Å². The van der Waals surface area contributed by atoms with E-state index >= 15 is 0 Å². The first kappa shape index (κ1) is 17.5. The van der Waals surface area contributed by atoms with E-state index in [2.05, 4.69) is 38.5 Å². The summed E-state index contributed by atoms with van der Waals surface area (Å²) < 4.78 is 1.88.